The van der Waals surface area contributed by atoms with Gasteiger partial charge in [0.15, 0.2) is 0 Å². The zero-order valence-corrected chi connectivity index (χ0v) is 38.6. The third kappa shape index (κ3) is 8.37. The first-order valence-electron chi connectivity index (χ1n) is 17.7. The number of halogens is 2. The van der Waals surface area contributed by atoms with E-state index < -0.39 is 10.1 Å². The summed E-state index contributed by atoms with van der Waals surface area (Å²) in [6, 6.07) is 0. The molecule has 0 spiro atoms. The van der Waals surface area contributed by atoms with E-state index in [0.29, 0.717) is 59.6 Å². The molecule has 0 radical (unpaired) electrons. The molecule has 7 aliphatic heterocycles. The molecule has 0 aromatic rings. The van der Waals surface area contributed by atoms with Crippen molar-refractivity contribution in [1.29, 1.82) is 0 Å². The number of hydrogen-bond donors (Lipinski definition) is 0. The van der Waals surface area contributed by atoms with E-state index >= 15 is 0 Å². The summed E-state index contributed by atoms with van der Waals surface area (Å²) in [6.07, 6.45) is 2.45. The van der Waals surface area contributed by atoms with Crippen molar-refractivity contribution in [3.8, 4) is 0 Å². The molecular formula is C37H50I2N6O9S. The van der Waals surface area contributed by atoms with Crippen LogP contribution < -0.4 is 0 Å². The van der Waals surface area contributed by atoms with Crippen LogP contribution in [0.4, 0.5) is 0 Å². The van der Waals surface area contributed by atoms with Gasteiger partial charge in [0, 0.05) is 113 Å². The quantitative estimate of drug-likeness (QED) is 0.292. The number of carbonyl (C=O) groups excluding carboxylic acids is 6. The van der Waals surface area contributed by atoms with E-state index in [-0.39, 0.29) is 41.2 Å². The van der Waals surface area contributed by atoms with E-state index in [0.717, 1.165) is 47.0 Å². The number of rotatable bonds is 4. The topological polar surface area (TPSA) is 165 Å². The van der Waals surface area contributed by atoms with Gasteiger partial charge in [-0.2, -0.15) is 8.42 Å². The lowest BCUT2D eigenvalue weighted by atomic mass is 10.1. The average Bonchev–Trinajstić information content (AvgIpc) is 3.96. The molecule has 0 aliphatic carbocycles. The SMILES string of the molecule is CC1=C2C(=O)N(C)C(C)=C2C(=O)N1C.CC1=C2C(=O)N(C)C(C)=C2C(=O)N1C.CCCN1C(=O)C2=C(C)N(CCC)C(=O)C2=C1C.II.O=S1(=O)CCCO1. The second-order valence-corrected chi connectivity index (χ2v) is 15.3. The lowest BCUT2D eigenvalue weighted by Gasteiger charge is -2.21. The molecule has 1 fully saturated rings. The van der Waals surface area contributed by atoms with E-state index in [2.05, 4.69) is 41.4 Å². The molecule has 0 atom stereocenters. The van der Waals surface area contributed by atoms with Crippen LogP contribution in [0.1, 0.15) is 74.7 Å². The molecule has 18 heteroatoms. The molecule has 15 nitrogen and oxygen atoms in total. The first-order valence-corrected chi connectivity index (χ1v) is 25.6. The van der Waals surface area contributed by atoms with Gasteiger partial charge in [0.25, 0.3) is 45.6 Å². The molecule has 6 amide bonds. The van der Waals surface area contributed by atoms with Gasteiger partial charge >= 0.3 is 0 Å². The minimum Gasteiger partial charge on any atom is -0.315 e. The summed E-state index contributed by atoms with van der Waals surface area (Å²) in [6.45, 7) is 16.7. The van der Waals surface area contributed by atoms with Crippen molar-refractivity contribution >= 4 is 82.8 Å². The second kappa shape index (κ2) is 18.3. The van der Waals surface area contributed by atoms with Gasteiger partial charge in [0.2, 0.25) is 0 Å². The summed E-state index contributed by atoms with van der Waals surface area (Å²) in [4.78, 5) is 81.2. The Balaban J connectivity index is 0.000000201. The molecule has 7 rings (SSSR count). The molecule has 0 aromatic heterocycles. The molecule has 55 heavy (non-hydrogen) atoms. The number of fused-ring (bicyclic) bond motifs is 3. The number of hydrogen-bond acceptors (Lipinski definition) is 9. The summed E-state index contributed by atoms with van der Waals surface area (Å²) >= 11 is 4.24. The zero-order chi connectivity index (χ0) is 42.0. The highest BCUT2D eigenvalue weighted by atomic mass is 128. The maximum Gasteiger partial charge on any atom is 0.267 e. The maximum absolute atomic E-state index is 12.3. The fourth-order valence-electron chi connectivity index (χ4n) is 6.92. The highest BCUT2D eigenvalue weighted by Gasteiger charge is 2.46. The molecule has 0 aromatic carbocycles. The van der Waals surface area contributed by atoms with Crippen molar-refractivity contribution in [3.63, 3.8) is 0 Å². The summed E-state index contributed by atoms with van der Waals surface area (Å²) < 4.78 is 24.7. The van der Waals surface area contributed by atoms with Gasteiger partial charge in [0.05, 0.1) is 45.8 Å². The fourth-order valence-corrected chi connectivity index (χ4v) is 7.88. The number of allylic oxidation sites excluding steroid dienone is 6. The van der Waals surface area contributed by atoms with Crippen molar-refractivity contribution in [2.45, 2.75) is 74.7 Å². The van der Waals surface area contributed by atoms with E-state index in [9.17, 15) is 37.2 Å². The Labute approximate surface area is 347 Å². The van der Waals surface area contributed by atoms with Crippen molar-refractivity contribution in [2.75, 3.05) is 53.6 Å². The van der Waals surface area contributed by atoms with Crippen LogP contribution in [-0.4, -0.2) is 127 Å². The molecule has 0 saturated carbocycles. The normalized spacial score (nSPS) is 21.1. The summed E-state index contributed by atoms with van der Waals surface area (Å²) in [5.74, 6) is -0.115. The fraction of sp³-hybridized carbons (Fsp3) is 0.514. The predicted octanol–water partition coefficient (Wildman–Crippen LogP) is 4.50. The number of likely N-dealkylation sites (N-methyl/N-ethyl adjacent to an activating group) is 4. The van der Waals surface area contributed by atoms with E-state index in [1.807, 2.05) is 27.7 Å². The zero-order valence-electron chi connectivity index (χ0n) is 33.5. The van der Waals surface area contributed by atoms with Crippen LogP contribution in [0.2, 0.25) is 0 Å². The minimum absolute atomic E-state index is 0.00574. The summed E-state index contributed by atoms with van der Waals surface area (Å²) in [5, 5.41) is 0. The molecule has 0 bridgehead atoms. The molecular weight excluding hydrogens is 958 g/mol. The van der Waals surface area contributed by atoms with Crippen molar-refractivity contribution in [2.24, 2.45) is 0 Å². The molecule has 302 valence electrons. The summed E-state index contributed by atoms with van der Waals surface area (Å²) in [7, 11) is 3.72. The lowest BCUT2D eigenvalue weighted by molar-refractivity contribution is -0.125. The number of amides is 6. The Bertz CT molecular complexity index is 1810. The third-order valence-electron chi connectivity index (χ3n) is 10.4. The first-order chi connectivity index (χ1) is 25.7. The minimum atomic E-state index is -3.05. The van der Waals surface area contributed by atoms with Crippen LogP contribution in [0, 0.1) is 0 Å². The van der Waals surface area contributed by atoms with Crippen molar-refractivity contribution in [3.05, 3.63) is 67.6 Å². The highest BCUT2D eigenvalue weighted by Crippen LogP contribution is 2.40. The highest BCUT2D eigenvalue weighted by molar-refractivity contribution is 15.0. The van der Waals surface area contributed by atoms with Gasteiger partial charge < -0.3 is 29.4 Å². The van der Waals surface area contributed by atoms with Crippen LogP contribution in [0.25, 0.3) is 0 Å². The Kier molecular flexibility index (Phi) is 15.3. The van der Waals surface area contributed by atoms with Gasteiger partial charge in [-0.3, -0.25) is 33.0 Å². The van der Waals surface area contributed by atoms with E-state index in [1.165, 1.54) is 19.6 Å². The van der Waals surface area contributed by atoms with Crippen molar-refractivity contribution in [1.82, 2.24) is 29.4 Å². The molecule has 7 aliphatic rings. The Morgan fingerprint density at radius 3 is 0.927 bits per heavy atom. The lowest BCUT2D eigenvalue weighted by Crippen LogP contribution is -2.30. The van der Waals surface area contributed by atoms with Gasteiger partial charge in [-0.05, 0) is 60.8 Å². The monoisotopic (exact) mass is 1010 g/mol. The molecule has 1 saturated heterocycles. The average molecular weight is 1010 g/mol. The van der Waals surface area contributed by atoms with Crippen LogP contribution >= 0.6 is 37.2 Å². The van der Waals surface area contributed by atoms with Gasteiger partial charge in [-0.1, -0.05) is 13.8 Å². The summed E-state index contributed by atoms with van der Waals surface area (Å²) in [5.41, 5.74) is 8.15. The Morgan fingerprint density at radius 2 is 0.745 bits per heavy atom. The van der Waals surface area contributed by atoms with Gasteiger partial charge in [0.1, 0.15) is 0 Å². The largest absolute Gasteiger partial charge is 0.315 e. The van der Waals surface area contributed by atoms with E-state index in [4.69, 9.17) is 0 Å². The number of nitrogens with zero attached hydrogens (tertiary/aromatic N) is 6. The first kappa shape index (κ1) is 46.0. The predicted molar refractivity (Wildman–Crippen MR) is 224 cm³/mol. The van der Waals surface area contributed by atoms with Crippen LogP contribution in [0.3, 0.4) is 0 Å². The van der Waals surface area contributed by atoms with Crippen LogP contribution in [-0.2, 0) is 43.1 Å². The Morgan fingerprint density at radius 1 is 0.491 bits per heavy atom. The Hall–Kier alpha value is -3.37. The maximum atomic E-state index is 12.3. The van der Waals surface area contributed by atoms with Crippen LogP contribution in [0.15, 0.2) is 67.6 Å². The molecule has 0 unspecified atom stereocenters. The second-order valence-electron chi connectivity index (χ2n) is 13.6. The van der Waals surface area contributed by atoms with Gasteiger partial charge in [-0.25, -0.2) is 0 Å². The van der Waals surface area contributed by atoms with Crippen molar-refractivity contribution < 1.29 is 41.4 Å². The molecule has 0 N–H and O–H groups in total. The van der Waals surface area contributed by atoms with E-state index in [1.54, 1.807) is 65.7 Å². The third-order valence-corrected chi connectivity index (χ3v) is 11.7. The van der Waals surface area contributed by atoms with Gasteiger partial charge in [-0.15, -0.1) is 0 Å². The standard InChI is InChI=1S/C14H20N2O2.2C10H12N2O2.C3H6O3S.I2/c1-5-7-15-9(3)11-12(13(15)17)10(4)16(8-6-2)14(11)18;2*1-5-7-8(10(14)11(5)3)6(2)12(4)9(7)13;4-7(5)3-1-2-6-7;1-2/h5-8H2,1-4H3;2*1-4H3;1-3H2;. The van der Waals surface area contributed by atoms with Crippen LogP contribution in [0.5, 0.6) is 0 Å². The smallest absolute Gasteiger partial charge is 0.267 e. The number of carbonyl (C=O) groups is 6. The molecule has 7 heterocycles.